The van der Waals surface area contributed by atoms with E-state index in [9.17, 15) is 0 Å². The van der Waals surface area contributed by atoms with Gasteiger partial charge in [0.15, 0.2) is 0 Å². The highest BCUT2D eigenvalue weighted by Gasteiger charge is 2.34. The Kier molecular flexibility index (Phi) is 5.67. The largest absolute Gasteiger partial charge is 0.312 e. The molecule has 0 saturated carbocycles. The Balaban J connectivity index is 1.43. The van der Waals surface area contributed by atoms with Crippen molar-refractivity contribution in [3.8, 4) is 0 Å². The predicted octanol–water partition coefficient (Wildman–Crippen LogP) is 2.01. The van der Waals surface area contributed by atoms with E-state index in [1.807, 2.05) is 0 Å². The summed E-state index contributed by atoms with van der Waals surface area (Å²) in [5.41, 5.74) is 0.282. The van der Waals surface area contributed by atoms with Crippen LogP contribution in [-0.2, 0) is 0 Å². The van der Waals surface area contributed by atoms with Crippen molar-refractivity contribution in [1.29, 1.82) is 0 Å². The second-order valence-electron chi connectivity index (χ2n) is 8.93. The van der Waals surface area contributed by atoms with E-state index in [0.29, 0.717) is 0 Å². The zero-order valence-corrected chi connectivity index (χ0v) is 15.9. The topological polar surface area (TPSA) is 21.8 Å². The van der Waals surface area contributed by atoms with Crippen LogP contribution in [0.2, 0.25) is 0 Å². The lowest BCUT2D eigenvalue weighted by molar-refractivity contribution is 0.0567. The van der Waals surface area contributed by atoms with Gasteiger partial charge in [0, 0.05) is 43.3 Å². The fraction of sp³-hybridized carbons (Fsp3) is 1.00. The number of nitrogens with zero attached hydrogens (tertiary/aromatic N) is 3. The lowest BCUT2D eigenvalue weighted by atomic mass is 9.93. The van der Waals surface area contributed by atoms with Gasteiger partial charge in [0.25, 0.3) is 0 Å². The van der Waals surface area contributed by atoms with Gasteiger partial charge in [-0.2, -0.15) is 0 Å². The Labute approximate surface area is 143 Å². The molecular weight excluding hydrogens is 284 g/mol. The zero-order valence-electron chi connectivity index (χ0n) is 15.9. The standard InChI is InChI=1S/C19H38N4/c1-19(2,23-12-8-17(9-13-23)21(3)4)15-20-16-7-11-22-10-5-6-18(22)14-16/h16-18,20H,5-15H2,1-4H3/t16-,18-/m1/s1. The number of hydrogen-bond acceptors (Lipinski definition) is 4. The average molecular weight is 323 g/mol. The van der Waals surface area contributed by atoms with E-state index >= 15 is 0 Å². The Morgan fingerprint density at radius 3 is 2.43 bits per heavy atom. The molecule has 0 radical (unpaired) electrons. The maximum Gasteiger partial charge on any atom is 0.0277 e. The highest BCUT2D eigenvalue weighted by Crippen LogP contribution is 2.28. The van der Waals surface area contributed by atoms with Gasteiger partial charge >= 0.3 is 0 Å². The summed E-state index contributed by atoms with van der Waals surface area (Å²) in [6.07, 6.45) is 8.20. The van der Waals surface area contributed by atoms with Crippen LogP contribution in [0.5, 0.6) is 0 Å². The second-order valence-corrected chi connectivity index (χ2v) is 8.93. The number of fused-ring (bicyclic) bond motifs is 1. The smallest absolute Gasteiger partial charge is 0.0277 e. The quantitative estimate of drug-likeness (QED) is 0.836. The van der Waals surface area contributed by atoms with Gasteiger partial charge < -0.3 is 15.1 Å². The molecule has 2 atom stereocenters. The molecule has 3 rings (SSSR count). The molecule has 0 unspecified atom stereocenters. The van der Waals surface area contributed by atoms with E-state index in [0.717, 1.165) is 24.7 Å². The minimum atomic E-state index is 0.282. The molecule has 0 aromatic heterocycles. The van der Waals surface area contributed by atoms with Crippen molar-refractivity contribution < 1.29 is 0 Å². The first-order chi connectivity index (χ1) is 11.0. The van der Waals surface area contributed by atoms with Gasteiger partial charge in [-0.15, -0.1) is 0 Å². The number of rotatable bonds is 5. The van der Waals surface area contributed by atoms with Crippen molar-refractivity contribution in [2.75, 3.05) is 46.8 Å². The third kappa shape index (κ3) is 4.28. The lowest BCUT2D eigenvalue weighted by Crippen LogP contribution is -2.57. The van der Waals surface area contributed by atoms with Crippen LogP contribution in [0.3, 0.4) is 0 Å². The van der Waals surface area contributed by atoms with Crippen molar-refractivity contribution >= 4 is 0 Å². The first kappa shape index (κ1) is 17.7. The zero-order chi connectivity index (χ0) is 16.4. The highest BCUT2D eigenvalue weighted by atomic mass is 15.2. The van der Waals surface area contributed by atoms with E-state index < -0.39 is 0 Å². The molecule has 0 aliphatic carbocycles. The maximum atomic E-state index is 3.93. The number of nitrogens with one attached hydrogen (secondary N) is 1. The van der Waals surface area contributed by atoms with Crippen LogP contribution in [-0.4, -0.2) is 85.2 Å². The molecule has 0 amide bonds. The van der Waals surface area contributed by atoms with Crippen LogP contribution in [0.1, 0.15) is 52.4 Å². The first-order valence-corrected chi connectivity index (χ1v) is 9.84. The van der Waals surface area contributed by atoms with Gasteiger partial charge in [-0.1, -0.05) is 0 Å². The summed E-state index contributed by atoms with van der Waals surface area (Å²) in [6.45, 7) is 11.2. The Morgan fingerprint density at radius 2 is 1.74 bits per heavy atom. The fourth-order valence-corrected chi connectivity index (χ4v) is 4.90. The fourth-order valence-electron chi connectivity index (χ4n) is 4.90. The number of hydrogen-bond donors (Lipinski definition) is 1. The molecule has 0 aromatic carbocycles. The number of piperidine rings is 2. The third-order valence-electron chi connectivity index (χ3n) is 6.69. The lowest BCUT2D eigenvalue weighted by Gasteiger charge is -2.45. The van der Waals surface area contributed by atoms with Crippen molar-refractivity contribution in [2.45, 2.75) is 76.0 Å². The summed E-state index contributed by atoms with van der Waals surface area (Å²) in [5.74, 6) is 0. The van der Waals surface area contributed by atoms with Crippen LogP contribution < -0.4 is 5.32 Å². The molecule has 0 aromatic rings. The van der Waals surface area contributed by atoms with Gasteiger partial charge in [0.1, 0.15) is 0 Å². The summed E-state index contributed by atoms with van der Waals surface area (Å²) in [7, 11) is 4.45. The Morgan fingerprint density at radius 1 is 1.00 bits per heavy atom. The van der Waals surface area contributed by atoms with Crippen LogP contribution >= 0.6 is 0 Å². The summed E-state index contributed by atoms with van der Waals surface area (Å²) < 4.78 is 0. The maximum absolute atomic E-state index is 3.93. The molecular formula is C19H38N4. The second kappa shape index (κ2) is 7.38. The van der Waals surface area contributed by atoms with Crippen molar-refractivity contribution in [3.05, 3.63) is 0 Å². The van der Waals surface area contributed by atoms with E-state index in [2.05, 4.69) is 48.0 Å². The molecule has 3 fully saturated rings. The van der Waals surface area contributed by atoms with Gasteiger partial charge in [-0.3, -0.25) is 4.90 Å². The molecule has 3 aliphatic heterocycles. The van der Waals surface area contributed by atoms with E-state index in [4.69, 9.17) is 0 Å². The molecule has 1 N–H and O–H groups in total. The number of likely N-dealkylation sites (tertiary alicyclic amines) is 1. The summed E-state index contributed by atoms with van der Waals surface area (Å²) in [6, 6.07) is 2.40. The molecule has 0 bridgehead atoms. The third-order valence-corrected chi connectivity index (χ3v) is 6.69. The SMILES string of the molecule is CN(C)C1CCN(C(C)(C)CN[C@@H]2CCN3CCC[C@@H]3C2)CC1. The van der Waals surface area contributed by atoms with E-state index in [1.165, 1.54) is 64.7 Å². The van der Waals surface area contributed by atoms with Crippen LogP contribution in [0.25, 0.3) is 0 Å². The molecule has 3 saturated heterocycles. The van der Waals surface area contributed by atoms with Crippen molar-refractivity contribution in [2.24, 2.45) is 0 Å². The molecule has 3 aliphatic rings. The minimum absolute atomic E-state index is 0.282. The Bertz CT molecular complexity index is 374. The average Bonchev–Trinajstić information content (AvgIpc) is 3.01. The normalized spacial score (nSPS) is 31.7. The van der Waals surface area contributed by atoms with Gasteiger partial charge in [0.2, 0.25) is 0 Å². The predicted molar refractivity (Wildman–Crippen MR) is 98.0 cm³/mol. The van der Waals surface area contributed by atoms with E-state index in [-0.39, 0.29) is 5.54 Å². The molecule has 4 heteroatoms. The minimum Gasteiger partial charge on any atom is -0.312 e. The van der Waals surface area contributed by atoms with Gasteiger partial charge in [0.05, 0.1) is 0 Å². The molecule has 23 heavy (non-hydrogen) atoms. The van der Waals surface area contributed by atoms with Gasteiger partial charge in [-0.25, -0.2) is 0 Å². The monoisotopic (exact) mass is 322 g/mol. The molecule has 4 nitrogen and oxygen atoms in total. The first-order valence-electron chi connectivity index (χ1n) is 9.84. The van der Waals surface area contributed by atoms with Crippen LogP contribution in [0.4, 0.5) is 0 Å². The summed E-state index contributed by atoms with van der Waals surface area (Å²) in [5, 5.41) is 3.93. The summed E-state index contributed by atoms with van der Waals surface area (Å²) in [4.78, 5) is 7.83. The van der Waals surface area contributed by atoms with Gasteiger partial charge in [-0.05, 0) is 79.6 Å². The van der Waals surface area contributed by atoms with Crippen LogP contribution in [0.15, 0.2) is 0 Å². The molecule has 0 spiro atoms. The van der Waals surface area contributed by atoms with Crippen molar-refractivity contribution in [3.63, 3.8) is 0 Å². The van der Waals surface area contributed by atoms with Crippen molar-refractivity contribution in [1.82, 2.24) is 20.0 Å². The summed E-state index contributed by atoms with van der Waals surface area (Å²) >= 11 is 0. The molecule has 3 heterocycles. The molecule has 134 valence electrons. The van der Waals surface area contributed by atoms with Crippen LogP contribution in [0, 0.1) is 0 Å². The van der Waals surface area contributed by atoms with E-state index in [1.54, 1.807) is 0 Å². The highest BCUT2D eigenvalue weighted by molar-refractivity contribution is 4.93. The Hall–Kier alpha value is -0.160.